The lowest BCUT2D eigenvalue weighted by Crippen LogP contribution is -3.19. The minimum Gasteiger partial charge on any atom is -0.364 e. The largest absolute Gasteiger partial charge is 0.364 e. The van der Waals surface area contributed by atoms with Crippen molar-refractivity contribution < 1.29 is 14.4 Å². The van der Waals surface area contributed by atoms with E-state index in [9.17, 15) is 9.59 Å². The van der Waals surface area contributed by atoms with E-state index in [0.717, 1.165) is 18.6 Å². The van der Waals surface area contributed by atoms with Crippen molar-refractivity contribution >= 4 is 22.6 Å². The number of aromatic amines is 2. The number of quaternary nitrogens is 1. The van der Waals surface area contributed by atoms with Crippen molar-refractivity contribution in [2.24, 2.45) is 0 Å². The summed E-state index contributed by atoms with van der Waals surface area (Å²) >= 11 is 0. The third-order valence-electron chi connectivity index (χ3n) is 4.35. The Labute approximate surface area is 134 Å². The lowest BCUT2D eigenvalue weighted by Gasteiger charge is -2.35. The number of benzene rings is 1. The van der Waals surface area contributed by atoms with E-state index < -0.39 is 0 Å². The smallest absolute Gasteiger partial charge is 0.323 e. The van der Waals surface area contributed by atoms with Crippen LogP contribution in [0.4, 0.5) is 5.69 Å². The van der Waals surface area contributed by atoms with E-state index in [-0.39, 0.29) is 29.8 Å². The molecule has 0 saturated carbocycles. The highest BCUT2D eigenvalue weighted by atomic mass is 16.5. The first-order valence-electron chi connectivity index (χ1n) is 7.95. The van der Waals surface area contributed by atoms with E-state index in [1.165, 1.54) is 4.90 Å². The summed E-state index contributed by atoms with van der Waals surface area (Å²) in [5, 5.41) is 2.93. The molecule has 1 saturated heterocycles. The Morgan fingerprint density at radius 3 is 2.61 bits per heavy atom. The molecule has 2 aromatic rings. The summed E-state index contributed by atoms with van der Waals surface area (Å²) < 4.78 is 5.73. The first-order valence-corrected chi connectivity index (χ1v) is 7.95. The minimum atomic E-state index is -0.252. The van der Waals surface area contributed by atoms with Crippen molar-refractivity contribution in [2.45, 2.75) is 39.0 Å². The number of carbonyl (C=O) groups is 1. The van der Waals surface area contributed by atoms with Gasteiger partial charge in [-0.25, -0.2) is 4.79 Å². The Balaban J connectivity index is 1.70. The molecule has 1 aliphatic heterocycles. The Morgan fingerprint density at radius 2 is 1.91 bits per heavy atom. The molecular weight excluding hydrogens is 296 g/mol. The van der Waals surface area contributed by atoms with Crippen molar-refractivity contribution in [1.29, 1.82) is 0 Å². The van der Waals surface area contributed by atoms with Crippen LogP contribution in [0.1, 0.15) is 20.8 Å². The third-order valence-corrected chi connectivity index (χ3v) is 4.35. The second-order valence-electron chi connectivity index (χ2n) is 6.37. The molecule has 0 radical (unpaired) electrons. The summed E-state index contributed by atoms with van der Waals surface area (Å²) in [7, 11) is 0. The number of fused-ring (bicyclic) bond motifs is 1. The molecule has 1 aromatic carbocycles. The lowest BCUT2D eigenvalue weighted by molar-refractivity contribution is -0.928. The summed E-state index contributed by atoms with van der Waals surface area (Å²) in [4.78, 5) is 30.4. The maximum Gasteiger partial charge on any atom is 0.323 e. The summed E-state index contributed by atoms with van der Waals surface area (Å²) in [6.07, 6.45) is 0.315. The highest BCUT2D eigenvalue weighted by Crippen LogP contribution is 2.14. The number of aromatic nitrogens is 2. The molecule has 2 heterocycles. The maximum atomic E-state index is 12.5. The molecular formula is C16H23N4O3+. The van der Waals surface area contributed by atoms with Crippen molar-refractivity contribution in [3.05, 3.63) is 28.7 Å². The van der Waals surface area contributed by atoms with Gasteiger partial charge in [-0.2, -0.15) is 0 Å². The van der Waals surface area contributed by atoms with Gasteiger partial charge in [-0.3, -0.25) is 4.79 Å². The van der Waals surface area contributed by atoms with Gasteiger partial charge in [-0.15, -0.1) is 0 Å². The molecule has 1 fully saturated rings. The van der Waals surface area contributed by atoms with Crippen LogP contribution in [0.15, 0.2) is 23.0 Å². The molecule has 23 heavy (non-hydrogen) atoms. The average molecular weight is 319 g/mol. The van der Waals surface area contributed by atoms with E-state index in [1.807, 2.05) is 20.8 Å². The summed E-state index contributed by atoms with van der Waals surface area (Å²) in [6.45, 7) is 7.66. The Hall–Kier alpha value is -2.12. The zero-order chi connectivity index (χ0) is 16.6. The lowest BCUT2D eigenvalue weighted by atomic mass is 10.1. The number of morpholine rings is 1. The van der Waals surface area contributed by atoms with Gasteiger partial charge in [0.1, 0.15) is 25.3 Å². The van der Waals surface area contributed by atoms with Crippen molar-refractivity contribution in [3.8, 4) is 0 Å². The van der Waals surface area contributed by atoms with Gasteiger partial charge in [0.15, 0.2) is 6.04 Å². The van der Waals surface area contributed by atoms with Crippen LogP contribution in [-0.2, 0) is 9.53 Å². The number of ether oxygens (including phenoxy) is 1. The van der Waals surface area contributed by atoms with Crippen LogP contribution in [0, 0.1) is 0 Å². The zero-order valence-electron chi connectivity index (χ0n) is 13.6. The van der Waals surface area contributed by atoms with E-state index in [0.29, 0.717) is 11.2 Å². The van der Waals surface area contributed by atoms with Gasteiger partial charge >= 0.3 is 5.69 Å². The molecule has 124 valence electrons. The summed E-state index contributed by atoms with van der Waals surface area (Å²) in [6, 6.07) is 5.16. The number of hydrogen-bond donors (Lipinski definition) is 4. The van der Waals surface area contributed by atoms with Crippen molar-refractivity contribution in [3.63, 3.8) is 0 Å². The van der Waals surface area contributed by atoms with Crippen LogP contribution in [0.2, 0.25) is 0 Å². The van der Waals surface area contributed by atoms with E-state index in [4.69, 9.17) is 4.74 Å². The van der Waals surface area contributed by atoms with Crippen LogP contribution in [0.3, 0.4) is 0 Å². The standard InChI is InChI=1S/C16H22N4O3/c1-9-7-20(8-10(2)23-9)11(3)15(21)17-12-4-5-13-14(6-12)19-16(22)18-13/h4-6,9-11H,7-8H2,1-3H3,(H,17,21)(H2,18,19,22)/p+1/t9-,10-,11+/m1/s1. The first-order chi connectivity index (χ1) is 10.9. The molecule has 3 rings (SSSR count). The fourth-order valence-corrected chi connectivity index (χ4v) is 3.21. The summed E-state index contributed by atoms with van der Waals surface area (Å²) in [5.74, 6) is -0.0291. The molecule has 0 aliphatic carbocycles. The molecule has 3 atom stereocenters. The number of rotatable bonds is 3. The Kier molecular flexibility index (Phi) is 4.23. The van der Waals surface area contributed by atoms with Crippen LogP contribution in [0.25, 0.3) is 11.0 Å². The van der Waals surface area contributed by atoms with Crippen LogP contribution in [0.5, 0.6) is 0 Å². The molecule has 1 amide bonds. The summed E-state index contributed by atoms with van der Waals surface area (Å²) in [5.41, 5.74) is 1.83. The molecule has 1 aliphatic rings. The predicted molar refractivity (Wildman–Crippen MR) is 87.7 cm³/mol. The number of nitrogens with one attached hydrogen (secondary N) is 4. The number of amides is 1. The van der Waals surface area contributed by atoms with Gasteiger partial charge < -0.3 is 24.9 Å². The fraction of sp³-hybridized carbons (Fsp3) is 0.500. The van der Waals surface area contributed by atoms with Gasteiger partial charge in [0.2, 0.25) is 0 Å². The second-order valence-corrected chi connectivity index (χ2v) is 6.37. The van der Waals surface area contributed by atoms with Crippen molar-refractivity contribution in [1.82, 2.24) is 9.97 Å². The van der Waals surface area contributed by atoms with E-state index >= 15 is 0 Å². The highest BCUT2D eigenvalue weighted by molar-refractivity contribution is 5.95. The molecule has 0 spiro atoms. The first kappa shape index (κ1) is 15.8. The Bertz CT molecular complexity index is 756. The van der Waals surface area contributed by atoms with Crippen LogP contribution in [-0.4, -0.2) is 47.2 Å². The van der Waals surface area contributed by atoms with Gasteiger partial charge in [-0.05, 0) is 39.0 Å². The highest BCUT2D eigenvalue weighted by Gasteiger charge is 2.32. The normalized spacial score (nSPS) is 26.1. The zero-order valence-corrected chi connectivity index (χ0v) is 13.6. The average Bonchev–Trinajstić information content (AvgIpc) is 2.84. The number of imidazole rings is 1. The SMILES string of the molecule is C[C@@H]1C[NH+]([C@@H](C)C(=O)Nc2ccc3[nH]c(=O)[nH]c3c2)C[C@@H](C)O1. The Morgan fingerprint density at radius 1 is 1.26 bits per heavy atom. The van der Waals surface area contributed by atoms with Gasteiger partial charge in [0.05, 0.1) is 11.0 Å². The maximum absolute atomic E-state index is 12.5. The molecule has 4 N–H and O–H groups in total. The van der Waals surface area contributed by atoms with Gasteiger partial charge in [-0.1, -0.05) is 0 Å². The van der Waals surface area contributed by atoms with Crippen LogP contribution < -0.4 is 15.9 Å². The molecule has 1 aromatic heterocycles. The minimum absolute atomic E-state index is 0.0291. The molecule has 0 unspecified atom stereocenters. The fourth-order valence-electron chi connectivity index (χ4n) is 3.21. The number of anilines is 1. The number of hydrogen-bond acceptors (Lipinski definition) is 3. The van der Waals surface area contributed by atoms with Gasteiger partial charge in [0.25, 0.3) is 5.91 Å². The number of carbonyl (C=O) groups excluding carboxylic acids is 1. The molecule has 0 bridgehead atoms. The second kappa shape index (κ2) is 6.17. The molecule has 7 heteroatoms. The monoisotopic (exact) mass is 319 g/mol. The quantitative estimate of drug-likeness (QED) is 0.635. The van der Waals surface area contributed by atoms with Crippen LogP contribution >= 0.6 is 0 Å². The van der Waals surface area contributed by atoms with E-state index in [2.05, 4.69) is 15.3 Å². The third kappa shape index (κ3) is 3.46. The van der Waals surface area contributed by atoms with Gasteiger partial charge in [0, 0.05) is 5.69 Å². The molecule has 7 nitrogen and oxygen atoms in total. The van der Waals surface area contributed by atoms with E-state index in [1.54, 1.807) is 18.2 Å². The topological polar surface area (TPSA) is 91.4 Å². The van der Waals surface area contributed by atoms with Crippen molar-refractivity contribution in [2.75, 3.05) is 18.4 Å². The predicted octanol–water partition coefficient (Wildman–Crippen LogP) is -0.125. The number of H-pyrrole nitrogens is 2.